The Bertz CT molecular complexity index is 1110. The zero-order chi connectivity index (χ0) is 19.5. The summed E-state index contributed by atoms with van der Waals surface area (Å²) in [6, 6.07) is 2.80. The van der Waals surface area contributed by atoms with Crippen LogP contribution in [0.15, 0.2) is 43.1 Å². The first-order chi connectivity index (χ1) is 13.6. The van der Waals surface area contributed by atoms with Crippen molar-refractivity contribution in [1.29, 1.82) is 0 Å². The van der Waals surface area contributed by atoms with E-state index in [4.69, 9.17) is 4.74 Å². The average molecular weight is 382 g/mol. The van der Waals surface area contributed by atoms with E-state index in [1.807, 2.05) is 0 Å². The summed E-state index contributed by atoms with van der Waals surface area (Å²) in [5.74, 6) is -0.542. The topological polar surface area (TPSA) is 88.6 Å². The highest BCUT2D eigenvalue weighted by molar-refractivity contribution is 5.79. The van der Waals surface area contributed by atoms with Crippen LogP contribution in [0.2, 0.25) is 0 Å². The van der Waals surface area contributed by atoms with Crippen LogP contribution in [0, 0.1) is 11.6 Å². The van der Waals surface area contributed by atoms with Crippen LogP contribution in [0.3, 0.4) is 0 Å². The summed E-state index contributed by atoms with van der Waals surface area (Å²) in [4.78, 5) is 19.5. The van der Waals surface area contributed by atoms with E-state index in [1.54, 1.807) is 18.6 Å². The summed E-state index contributed by atoms with van der Waals surface area (Å²) in [5, 5.41) is 3.75. The fourth-order valence-electron chi connectivity index (χ4n) is 2.83. The standard InChI is InChI=1S/C19H16F2N6O/c1-28-18-16(21)3-12(5-24-18)8-27-19-25-6-11(7-26-19)2-13-9-22-17-15(13)4-14(20)10-23-17/h3-7,9-10H,2,8H2,1H3,(H,22,23)(H,25,26,27). The molecule has 7 nitrogen and oxygen atoms in total. The van der Waals surface area contributed by atoms with Crippen LogP contribution in [0.4, 0.5) is 14.7 Å². The number of pyridine rings is 2. The number of aromatic nitrogens is 5. The minimum Gasteiger partial charge on any atom is -0.479 e. The molecule has 2 N–H and O–H groups in total. The number of ether oxygens (including phenoxy) is 1. The molecule has 142 valence electrons. The number of nitrogens with zero attached hydrogens (tertiary/aromatic N) is 4. The molecule has 0 bridgehead atoms. The van der Waals surface area contributed by atoms with E-state index in [-0.39, 0.29) is 11.7 Å². The molecule has 0 aromatic carbocycles. The van der Waals surface area contributed by atoms with E-state index >= 15 is 0 Å². The highest BCUT2D eigenvalue weighted by Gasteiger charge is 2.09. The quantitative estimate of drug-likeness (QED) is 0.532. The van der Waals surface area contributed by atoms with E-state index in [0.717, 1.165) is 16.5 Å². The predicted molar refractivity (Wildman–Crippen MR) is 99.0 cm³/mol. The minimum absolute atomic E-state index is 0.0447. The molecule has 4 heterocycles. The zero-order valence-electron chi connectivity index (χ0n) is 14.9. The van der Waals surface area contributed by atoms with Crippen LogP contribution in [0.1, 0.15) is 16.7 Å². The van der Waals surface area contributed by atoms with Crippen molar-refractivity contribution in [3.05, 3.63) is 71.4 Å². The Kier molecular flexibility index (Phi) is 4.79. The Balaban J connectivity index is 1.42. The number of hydrogen-bond acceptors (Lipinski definition) is 6. The third-order valence-corrected chi connectivity index (χ3v) is 4.19. The second-order valence-electron chi connectivity index (χ2n) is 6.14. The molecule has 9 heteroatoms. The van der Waals surface area contributed by atoms with Gasteiger partial charge in [-0.3, -0.25) is 0 Å². The van der Waals surface area contributed by atoms with Gasteiger partial charge in [0.2, 0.25) is 11.8 Å². The molecule has 0 aliphatic rings. The highest BCUT2D eigenvalue weighted by Crippen LogP contribution is 2.20. The van der Waals surface area contributed by atoms with Gasteiger partial charge in [0.25, 0.3) is 0 Å². The van der Waals surface area contributed by atoms with Crippen LogP contribution >= 0.6 is 0 Å². The van der Waals surface area contributed by atoms with Crippen LogP contribution in [-0.4, -0.2) is 32.0 Å². The van der Waals surface area contributed by atoms with Crippen LogP contribution in [0.25, 0.3) is 11.0 Å². The Morgan fingerprint density at radius 3 is 2.54 bits per heavy atom. The van der Waals surface area contributed by atoms with E-state index in [0.29, 0.717) is 30.1 Å². The second kappa shape index (κ2) is 7.55. The number of fused-ring (bicyclic) bond motifs is 1. The maximum atomic E-state index is 13.7. The van der Waals surface area contributed by atoms with Crippen molar-refractivity contribution in [2.75, 3.05) is 12.4 Å². The van der Waals surface area contributed by atoms with Crippen molar-refractivity contribution in [1.82, 2.24) is 24.9 Å². The van der Waals surface area contributed by atoms with Gasteiger partial charge in [-0.1, -0.05) is 0 Å². The Hall–Kier alpha value is -3.62. The van der Waals surface area contributed by atoms with E-state index in [2.05, 4.69) is 30.2 Å². The lowest BCUT2D eigenvalue weighted by atomic mass is 10.1. The number of H-pyrrole nitrogens is 1. The van der Waals surface area contributed by atoms with E-state index in [1.165, 1.54) is 31.6 Å². The molecule has 0 aliphatic carbocycles. The zero-order valence-corrected chi connectivity index (χ0v) is 14.9. The van der Waals surface area contributed by atoms with Crippen molar-refractivity contribution < 1.29 is 13.5 Å². The van der Waals surface area contributed by atoms with Crippen molar-refractivity contribution >= 4 is 17.0 Å². The lowest BCUT2D eigenvalue weighted by molar-refractivity contribution is 0.368. The Morgan fingerprint density at radius 1 is 1.00 bits per heavy atom. The summed E-state index contributed by atoms with van der Waals surface area (Å²) >= 11 is 0. The molecular formula is C19H16F2N6O. The molecule has 0 fully saturated rings. The molecule has 4 aromatic heterocycles. The lowest BCUT2D eigenvalue weighted by Gasteiger charge is -2.07. The molecule has 0 saturated heterocycles. The van der Waals surface area contributed by atoms with Gasteiger partial charge in [0, 0.05) is 43.1 Å². The molecule has 28 heavy (non-hydrogen) atoms. The summed E-state index contributed by atoms with van der Waals surface area (Å²) in [6.45, 7) is 0.320. The van der Waals surface area contributed by atoms with Crippen LogP contribution in [-0.2, 0) is 13.0 Å². The molecule has 4 rings (SSSR count). The Morgan fingerprint density at radius 2 is 1.79 bits per heavy atom. The molecule has 0 spiro atoms. The molecule has 0 unspecified atom stereocenters. The van der Waals surface area contributed by atoms with Crippen molar-refractivity contribution in [3.8, 4) is 5.88 Å². The molecule has 0 saturated carbocycles. The van der Waals surface area contributed by atoms with Gasteiger partial charge in [-0.25, -0.2) is 28.7 Å². The van der Waals surface area contributed by atoms with E-state index < -0.39 is 5.82 Å². The molecule has 0 aliphatic heterocycles. The van der Waals surface area contributed by atoms with Gasteiger partial charge >= 0.3 is 0 Å². The maximum Gasteiger partial charge on any atom is 0.250 e. The highest BCUT2D eigenvalue weighted by atomic mass is 19.1. The van der Waals surface area contributed by atoms with Gasteiger partial charge in [-0.05, 0) is 28.8 Å². The number of halogens is 2. The number of aromatic amines is 1. The van der Waals surface area contributed by atoms with Gasteiger partial charge in [0.05, 0.1) is 13.3 Å². The fourth-order valence-corrected chi connectivity index (χ4v) is 2.83. The summed E-state index contributed by atoms with van der Waals surface area (Å²) in [5.41, 5.74) is 3.05. The number of hydrogen-bond donors (Lipinski definition) is 2. The SMILES string of the molecule is COc1ncc(CNc2ncc(Cc3c[nH]c4ncc(F)cc34)cn2)cc1F. The smallest absolute Gasteiger partial charge is 0.250 e. The van der Waals surface area contributed by atoms with Crippen molar-refractivity contribution in [3.63, 3.8) is 0 Å². The van der Waals surface area contributed by atoms with Crippen LogP contribution < -0.4 is 10.1 Å². The Labute approximate surface area is 158 Å². The molecule has 0 atom stereocenters. The van der Waals surface area contributed by atoms with Gasteiger partial charge in [0.15, 0.2) is 5.82 Å². The third-order valence-electron chi connectivity index (χ3n) is 4.19. The lowest BCUT2D eigenvalue weighted by Crippen LogP contribution is -2.05. The number of rotatable bonds is 6. The van der Waals surface area contributed by atoms with Gasteiger partial charge < -0.3 is 15.0 Å². The van der Waals surface area contributed by atoms with Crippen molar-refractivity contribution in [2.24, 2.45) is 0 Å². The van der Waals surface area contributed by atoms with E-state index in [9.17, 15) is 8.78 Å². The summed E-state index contributed by atoms with van der Waals surface area (Å²) in [7, 11) is 1.36. The molecular weight excluding hydrogens is 366 g/mol. The largest absolute Gasteiger partial charge is 0.479 e. The van der Waals surface area contributed by atoms with Crippen molar-refractivity contribution in [2.45, 2.75) is 13.0 Å². The number of methoxy groups -OCH3 is 1. The number of anilines is 1. The fraction of sp³-hybridized carbons (Fsp3) is 0.158. The third kappa shape index (κ3) is 3.73. The number of nitrogens with one attached hydrogen (secondary N) is 2. The minimum atomic E-state index is -0.525. The van der Waals surface area contributed by atoms with Gasteiger partial charge in [-0.15, -0.1) is 0 Å². The molecule has 4 aromatic rings. The summed E-state index contributed by atoms with van der Waals surface area (Å²) in [6.07, 6.45) is 8.42. The normalized spacial score (nSPS) is 11.0. The first kappa shape index (κ1) is 17.8. The molecule has 0 amide bonds. The second-order valence-corrected chi connectivity index (χ2v) is 6.14. The van der Waals surface area contributed by atoms with Gasteiger partial charge in [0.1, 0.15) is 11.5 Å². The van der Waals surface area contributed by atoms with Gasteiger partial charge in [-0.2, -0.15) is 0 Å². The van der Waals surface area contributed by atoms with Crippen LogP contribution in [0.5, 0.6) is 5.88 Å². The first-order valence-electron chi connectivity index (χ1n) is 8.47. The molecule has 0 radical (unpaired) electrons. The first-order valence-corrected chi connectivity index (χ1v) is 8.47. The predicted octanol–water partition coefficient (Wildman–Crippen LogP) is 3.24. The summed E-state index contributed by atoms with van der Waals surface area (Å²) < 4.78 is 31.9. The monoisotopic (exact) mass is 382 g/mol. The average Bonchev–Trinajstić information content (AvgIpc) is 3.09. The maximum absolute atomic E-state index is 13.7.